The lowest BCUT2D eigenvalue weighted by atomic mass is 10.0. The lowest BCUT2D eigenvalue weighted by Crippen LogP contribution is -2.52. The van der Waals surface area contributed by atoms with E-state index < -0.39 is 29.7 Å². The monoisotopic (exact) mass is 460 g/mol. The predicted molar refractivity (Wildman–Crippen MR) is 110 cm³/mol. The second-order valence-corrected chi connectivity index (χ2v) is 7.77. The molecule has 0 aliphatic carbocycles. The standard InChI is InChI=1S/C22H19F3N4O4/c23-22(24,25)14-3-5-15(6-4-14)27-21(33)26-10-12-1-2-13-11-29(20(32)16(13)9-12)17-7-8-18(30)28-19(17)31/h1-6,9,17H,7-8,10-11H2,(H2,26,27,33)(H,28,30,31). The highest BCUT2D eigenvalue weighted by Gasteiger charge is 2.39. The molecular formula is C22H19F3N4O4. The average Bonchev–Trinajstić information content (AvgIpc) is 3.08. The lowest BCUT2D eigenvalue weighted by molar-refractivity contribution is -0.138. The second kappa shape index (κ2) is 8.57. The molecule has 2 aliphatic rings. The molecule has 2 aromatic rings. The van der Waals surface area contributed by atoms with Gasteiger partial charge in [0.2, 0.25) is 11.8 Å². The van der Waals surface area contributed by atoms with Crippen LogP contribution in [-0.2, 0) is 28.9 Å². The van der Waals surface area contributed by atoms with Crippen molar-refractivity contribution < 1.29 is 32.3 Å². The zero-order chi connectivity index (χ0) is 23.8. The number of nitrogens with zero attached hydrogens (tertiary/aromatic N) is 1. The van der Waals surface area contributed by atoms with E-state index in [0.717, 1.165) is 29.8 Å². The first-order chi connectivity index (χ1) is 15.6. The van der Waals surface area contributed by atoms with Gasteiger partial charge in [-0.2, -0.15) is 13.2 Å². The minimum absolute atomic E-state index is 0.0748. The number of hydrogen-bond donors (Lipinski definition) is 3. The van der Waals surface area contributed by atoms with Crippen molar-refractivity contribution in [3.8, 4) is 0 Å². The van der Waals surface area contributed by atoms with E-state index in [1.165, 1.54) is 4.90 Å². The largest absolute Gasteiger partial charge is 0.416 e. The molecule has 33 heavy (non-hydrogen) atoms. The number of carbonyl (C=O) groups excluding carboxylic acids is 4. The summed E-state index contributed by atoms with van der Waals surface area (Å²) in [5.74, 6) is -1.17. The molecule has 2 aliphatic heterocycles. The first-order valence-corrected chi connectivity index (χ1v) is 10.1. The van der Waals surface area contributed by atoms with Gasteiger partial charge < -0.3 is 15.5 Å². The molecule has 5 amide bonds. The summed E-state index contributed by atoms with van der Waals surface area (Å²) >= 11 is 0. The van der Waals surface area contributed by atoms with E-state index in [2.05, 4.69) is 16.0 Å². The number of nitrogens with one attached hydrogen (secondary N) is 3. The zero-order valence-corrected chi connectivity index (χ0v) is 17.2. The van der Waals surface area contributed by atoms with Gasteiger partial charge in [-0.15, -0.1) is 0 Å². The summed E-state index contributed by atoms with van der Waals surface area (Å²) in [4.78, 5) is 49.8. The van der Waals surface area contributed by atoms with Gasteiger partial charge in [0.05, 0.1) is 5.56 Å². The van der Waals surface area contributed by atoms with Crippen LogP contribution in [0.15, 0.2) is 42.5 Å². The molecule has 1 unspecified atom stereocenters. The third kappa shape index (κ3) is 4.81. The number of alkyl halides is 3. The molecule has 172 valence electrons. The number of benzene rings is 2. The van der Waals surface area contributed by atoms with Gasteiger partial charge in [0, 0.05) is 30.8 Å². The van der Waals surface area contributed by atoms with Crippen LogP contribution in [0.4, 0.5) is 23.7 Å². The fourth-order valence-electron chi connectivity index (χ4n) is 3.81. The van der Waals surface area contributed by atoms with Crippen molar-refractivity contribution in [3.05, 3.63) is 64.7 Å². The fourth-order valence-corrected chi connectivity index (χ4v) is 3.81. The molecule has 0 spiro atoms. The van der Waals surface area contributed by atoms with Gasteiger partial charge in [-0.05, 0) is 47.9 Å². The Morgan fingerprint density at radius 2 is 1.82 bits per heavy atom. The number of piperidine rings is 1. The van der Waals surface area contributed by atoms with E-state index in [1.807, 2.05) is 0 Å². The highest BCUT2D eigenvalue weighted by Crippen LogP contribution is 2.30. The highest BCUT2D eigenvalue weighted by atomic mass is 19.4. The van der Waals surface area contributed by atoms with Crippen molar-refractivity contribution in [2.24, 2.45) is 0 Å². The van der Waals surface area contributed by atoms with Crippen LogP contribution in [0.5, 0.6) is 0 Å². The van der Waals surface area contributed by atoms with Crippen molar-refractivity contribution >= 4 is 29.4 Å². The number of amides is 5. The van der Waals surface area contributed by atoms with Crippen LogP contribution in [0.1, 0.15) is 39.9 Å². The zero-order valence-electron chi connectivity index (χ0n) is 17.2. The van der Waals surface area contributed by atoms with Crippen molar-refractivity contribution in [1.82, 2.24) is 15.5 Å². The Morgan fingerprint density at radius 1 is 1.09 bits per heavy atom. The van der Waals surface area contributed by atoms with Crippen LogP contribution in [0.2, 0.25) is 0 Å². The number of urea groups is 1. The highest BCUT2D eigenvalue weighted by molar-refractivity contribution is 6.05. The van der Waals surface area contributed by atoms with Crippen molar-refractivity contribution in [2.75, 3.05) is 5.32 Å². The molecular weight excluding hydrogens is 441 g/mol. The Bertz CT molecular complexity index is 1130. The van der Waals surface area contributed by atoms with Gasteiger partial charge in [-0.25, -0.2) is 4.79 Å². The van der Waals surface area contributed by atoms with Gasteiger partial charge >= 0.3 is 12.2 Å². The Kier molecular flexibility index (Phi) is 5.79. The molecule has 2 heterocycles. The number of carbonyl (C=O) groups is 4. The van der Waals surface area contributed by atoms with Gasteiger partial charge in [-0.1, -0.05) is 12.1 Å². The molecule has 1 saturated heterocycles. The third-order valence-corrected chi connectivity index (χ3v) is 5.52. The second-order valence-electron chi connectivity index (χ2n) is 7.77. The SMILES string of the molecule is O=C1CCC(N2Cc3ccc(CNC(=O)Nc4ccc(C(F)(F)F)cc4)cc3C2=O)C(=O)N1. The predicted octanol–water partition coefficient (Wildman–Crippen LogP) is 2.79. The smallest absolute Gasteiger partial charge is 0.334 e. The maximum absolute atomic E-state index is 12.8. The minimum Gasteiger partial charge on any atom is -0.334 e. The van der Waals surface area contributed by atoms with E-state index in [9.17, 15) is 32.3 Å². The minimum atomic E-state index is -4.46. The third-order valence-electron chi connectivity index (χ3n) is 5.52. The Hall–Kier alpha value is -3.89. The molecule has 0 saturated carbocycles. The van der Waals surface area contributed by atoms with E-state index in [1.54, 1.807) is 18.2 Å². The first kappa shape index (κ1) is 22.3. The van der Waals surface area contributed by atoms with Gasteiger partial charge in [0.25, 0.3) is 5.91 Å². The van der Waals surface area contributed by atoms with Crippen molar-refractivity contribution in [3.63, 3.8) is 0 Å². The lowest BCUT2D eigenvalue weighted by Gasteiger charge is -2.29. The number of rotatable bonds is 4. The average molecular weight is 460 g/mol. The first-order valence-electron chi connectivity index (χ1n) is 10.1. The van der Waals surface area contributed by atoms with E-state index in [4.69, 9.17) is 0 Å². The normalized spacial score (nSPS) is 18.1. The molecule has 11 heteroatoms. The summed E-state index contributed by atoms with van der Waals surface area (Å²) in [5, 5.41) is 7.28. The summed E-state index contributed by atoms with van der Waals surface area (Å²) < 4.78 is 37.9. The van der Waals surface area contributed by atoms with Crippen molar-refractivity contribution in [2.45, 2.75) is 38.1 Å². The Labute approximate surface area is 186 Å². The van der Waals surface area contributed by atoms with Crippen LogP contribution >= 0.6 is 0 Å². The van der Waals surface area contributed by atoms with Crippen molar-refractivity contribution in [1.29, 1.82) is 0 Å². The molecule has 4 rings (SSSR count). The van der Waals surface area contributed by atoms with Crippen LogP contribution in [0.25, 0.3) is 0 Å². The summed E-state index contributed by atoms with van der Waals surface area (Å²) in [6.45, 7) is 0.327. The summed E-state index contributed by atoms with van der Waals surface area (Å²) in [6, 6.07) is 7.82. The molecule has 8 nitrogen and oxygen atoms in total. The summed E-state index contributed by atoms with van der Waals surface area (Å²) in [5.41, 5.74) is 1.17. The fraction of sp³-hybridized carbons (Fsp3) is 0.273. The molecule has 1 atom stereocenters. The maximum Gasteiger partial charge on any atom is 0.416 e. The number of anilines is 1. The summed E-state index contributed by atoms with van der Waals surface area (Å²) in [7, 11) is 0. The van der Waals surface area contributed by atoms with E-state index in [-0.39, 0.29) is 43.4 Å². The molecule has 1 fully saturated rings. The van der Waals surface area contributed by atoms with Crippen LogP contribution < -0.4 is 16.0 Å². The van der Waals surface area contributed by atoms with E-state index in [0.29, 0.717) is 11.1 Å². The topological polar surface area (TPSA) is 108 Å². The number of fused-ring (bicyclic) bond motifs is 1. The van der Waals surface area contributed by atoms with Gasteiger partial charge in [0.1, 0.15) is 6.04 Å². The maximum atomic E-state index is 12.8. The molecule has 0 bridgehead atoms. The Balaban J connectivity index is 1.35. The van der Waals surface area contributed by atoms with Crippen LogP contribution in [0, 0.1) is 0 Å². The quantitative estimate of drug-likeness (QED) is 0.610. The van der Waals surface area contributed by atoms with Crippen LogP contribution in [-0.4, -0.2) is 34.7 Å². The molecule has 0 aromatic heterocycles. The van der Waals surface area contributed by atoms with Crippen LogP contribution in [0.3, 0.4) is 0 Å². The Morgan fingerprint density at radius 3 is 2.48 bits per heavy atom. The number of hydrogen-bond acceptors (Lipinski definition) is 4. The number of imide groups is 1. The molecule has 3 N–H and O–H groups in total. The molecule has 0 radical (unpaired) electrons. The number of halogens is 3. The van der Waals surface area contributed by atoms with E-state index >= 15 is 0 Å². The molecule has 2 aromatic carbocycles. The van der Waals surface area contributed by atoms with Gasteiger partial charge in [-0.3, -0.25) is 19.7 Å². The van der Waals surface area contributed by atoms with Gasteiger partial charge in [0.15, 0.2) is 0 Å². The summed E-state index contributed by atoms with van der Waals surface area (Å²) in [6.07, 6.45) is -4.03.